The first-order valence-electron chi connectivity index (χ1n) is 6.30. The van der Waals surface area contributed by atoms with Crippen LogP contribution in [0.5, 0.6) is 5.75 Å². The topological polar surface area (TPSA) is 47.3 Å². The van der Waals surface area contributed by atoms with E-state index in [0.29, 0.717) is 28.0 Å². The maximum atomic E-state index is 13.5. The van der Waals surface area contributed by atoms with Crippen molar-refractivity contribution in [2.75, 3.05) is 7.11 Å². The Labute approximate surface area is 125 Å². The zero-order chi connectivity index (χ0) is 14.7. The van der Waals surface area contributed by atoms with Crippen LogP contribution in [-0.4, -0.2) is 22.0 Å². The molecule has 1 heterocycles. The summed E-state index contributed by atoms with van der Waals surface area (Å²) in [7, 11) is 1.52. The molecule has 0 aliphatic rings. The normalized spacial score (nSPS) is 12.4. The highest BCUT2D eigenvalue weighted by molar-refractivity contribution is 9.10. The predicted octanol–water partition coefficient (Wildman–Crippen LogP) is 3.29. The zero-order valence-corrected chi connectivity index (χ0v) is 12.9. The summed E-state index contributed by atoms with van der Waals surface area (Å²) in [5.41, 5.74) is 0.986. The first kappa shape index (κ1) is 15.0. The van der Waals surface area contributed by atoms with Crippen molar-refractivity contribution in [2.45, 2.75) is 26.0 Å². The molecule has 0 spiro atoms. The van der Waals surface area contributed by atoms with E-state index in [9.17, 15) is 9.50 Å². The van der Waals surface area contributed by atoms with Gasteiger partial charge in [-0.1, -0.05) is 22.9 Å². The van der Waals surface area contributed by atoms with Crippen LogP contribution < -0.4 is 4.74 Å². The van der Waals surface area contributed by atoms with E-state index < -0.39 is 11.9 Å². The van der Waals surface area contributed by atoms with Crippen LogP contribution in [-0.2, 0) is 6.54 Å². The number of methoxy groups -OCH3 is 1. The molecule has 108 valence electrons. The van der Waals surface area contributed by atoms with E-state index in [1.807, 2.05) is 6.92 Å². The Bertz CT molecular complexity index is 581. The van der Waals surface area contributed by atoms with E-state index in [1.165, 1.54) is 19.2 Å². The highest BCUT2D eigenvalue weighted by Gasteiger charge is 2.22. The molecule has 0 radical (unpaired) electrons. The summed E-state index contributed by atoms with van der Waals surface area (Å²) in [5.74, 6) is 0.0836. The maximum Gasteiger partial charge on any atom is 0.163 e. The molecule has 0 fully saturated rings. The summed E-state index contributed by atoms with van der Waals surface area (Å²) in [6, 6.07) is 4.32. The molecule has 1 atom stereocenters. The van der Waals surface area contributed by atoms with Crippen molar-refractivity contribution in [3.63, 3.8) is 0 Å². The Morgan fingerprint density at radius 1 is 1.45 bits per heavy atom. The van der Waals surface area contributed by atoms with Gasteiger partial charge < -0.3 is 9.84 Å². The molecule has 0 amide bonds. The molecule has 1 unspecified atom stereocenters. The van der Waals surface area contributed by atoms with Crippen molar-refractivity contribution in [3.8, 4) is 5.75 Å². The van der Waals surface area contributed by atoms with Crippen LogP contribution in [0.4, 0.5) is 4.39 Å². The fourth-order valence-corrected chi connectivity index (χ4v) is 2.57. The number of aliphatic hydroxyl groups is 1. The molecule has 0 aliphatic carbocycles. The highest BCUT2D eigenvalue weighted by Crippen LogP contribution is 2.31. The molecule has 0 saturated carbocycles. The smallest absolute Gasteiger partial charge is 0.163 e. The molecule has 4 nitrogen and oxygen atoms in total. The lowest BCUT2D eigenvalue weighted by Gasteiger charge is -2.15. The molecular formula is C14H16BrFN2O2. The lowest BCUT2D eigenvalue weighted by atomic mass is 10.1. The third-order valence-corrected chi connectivity index (χ3v) is 3.42. The van der Waals surface area contributed by atoms with Crippen LogP contribution in [0.3, 0.4) is 0 Å². The molecule has 6 heteroatoms. The van der Waals surface area contributed by atoms with Gasteiger partial charge in [0.1, 0.15) is 17.6 Å². The monoisotopic (exact) mass is 342 g/mol. The van der Waals surface area contributed by atoms with E-state index in [1.54, 1.807) is 16.9 Å². The summed E-state index contributed by atoms with van der Waals surface area (Å²) < 4.78 is 21.0. The predicted molar refractivity (Wildman–Crippen MR) is 77.2 cm³/mol. The minimum absolute atomic E-state index is 0.408. The molecule has 2 aromatic rings. The van der Waals surface area contributed by atoms with Gasteiger partial charge in [0.2, 0.25) is 0 Å². The maximum absolute atomic E-state index is 13.5. The largest absolute Gasteiger partial charge is 0.493 e. The number of rotatable bonds is 5. The lowest BCUT2D eigenvalue weighted by Crippen LogP contribution is -2.11. The van der Waals surface area contributed by atoms with E-state index in [-0.39, 0.29) is 0 Å². The van der Waals surface area contributed by atoms with Crippen molar-refractivity contribution in [1.82, 2.24) is 9.78 Å². The second-order valence-corrected chi connectivity index (χ2v) is 5.34. The summed E-state index contributed by atoms with van der Waals surface area (Å²) in [6.45, 7) is 2.68. The van der Waals surface area contributed by atoms with Gasteiger partial charge >= 0.3 is 0 Å². The summed E-state index contributed by atoms with van der Waals surface area (Å²) in [5, 5.41) is 14.7. The minimum Gasteiger partial charge on any atom is -0.493 e. The molecule has 20 heavy (non-hydrogen) atoms. The Morgan fingerprint density at radius 3 is 2.80 bits per heavy atom. The van der Waals surface area contributed by atoms with Crippen LogP contribution in [0.2, 0.25) is 0 Å². The average molecular weight is 343 g/mol. The van der Waals surface area contributed by atoms with Gasteiger partial charge in [-0.2, -0.15) is 5.10 Å². The molecule has 0 saturated heterocycles. The third kappa shape index (κ3) is 3.02. The molecular weight excluding hydrogens is 327 g/mol. The SMILES string of the molecule is CCCn1ncc(OC)c1C(O)c1cc(F)cc(Br)c1. The van der Waals surface area contributed by atoms with E-state index in [2.05, 4.69) is 21.0 Å². The number of aliphatic hydroxyl groups excluding tert-OH is 1. The Balaban J connectivity index is 2.45. The van der Waals surface area contributed by atoms with Crippen molar-refractivity contribution in [2.24, 2.45) is 0 Å². The molecule has 1 N–H and O–H groups in total. The summed E-state index contributed by atoms with van der Waals surface area (Å²) in [6.07, 6.45) is 1.44. The average Bonchev–Trinajstić information content (AvgIpc) is 2.80. The number of aryl methyl sites for hydroxylation is 1. The van der Waals surface area contributed by atoms with Crippen molar-refractivity contribution in [1.29, 1.82) is 0 Å². The Kier molecular flexibility index (Phi) is 4.77. The first-order valence-corrected chi connectivity index (χ1v) is 7.09. The number of halogens is 2. The fraction of sp³-hybridized carbons (Fsp3) is 0.357. The van der Waals surface area contributed by atoms with Crippen LogP contribution in [0.1, 0.15) is 30.7 Å². The Hall–Kier alpha value is -1.40. The minimum atomic E-state index is -0.994. The van der Waals surface area contributed by atoms with Crippen LogP contribution in [0.25, 0.3) is 0 Å². The van der Waals surface area contributed by atoms with E-state index in [4.69, 9.17) is 4.74 Å². The Morgan fingerprint density at radius 2 is 2.20 bits per heavy atom. The van der Waals surface area contributed by atoms with Gasteiger partial charge in [-0.15, -0.1) is 0 Å². The van der Waals surface area contributed by atoms with Crippen molar-refractivity contribution >= 4 is 15.9 Å². The van der Waals surface area contributed by atoms with Crippen LogP contribution in [0.15, 0.2) is 28.9 Å². The summed E-state index contributed by atoms with van der Waals surface area (Å²) >= 11 is 3.22. The first-order chi connectivity index (χ1) is 9.56. The number of hydrogen-bond acceptors (Lipinski definition) is 3. The van der Waals surface area contributed by atoms with Gasteiger partial charge in [0.15, 0.2) is 5.75 Å². The van der Waals surface area contributed by atoms with Gasteiger partial charge in [0.05, 0.1) is 13.3 Å². The standard InChI is InChI=1S/C14H16BrFN2O2/c1-3-4-18-13(12(20-2)8-17-18)14(19)9-5-10(15)7-11(16)6-9/h5-8,14,19H,3-4H2,1-2H3. The molecule has 2 rings (SSSR count). The van der Waals surface area contributed by atoms with Gasteiger partial charge in [-0.25, -0.2) is 4.39 Å². The van der Waals surface area contributed by atoms with Crippen molar-refractivity contribution in [3.05, 3.63) is 45.9 Å². The van der Waals surface area contributed by atoms with Gasteiger partial charge in [0, 0.05) is 11.0 Å². The van der Waals surface area contributed by atoms with Gasteiger partial charge in [-0.05, 0) is 30.2 Å². The second-order valence-electron chi connectivity index (χ2n) is 4.43. The van der Waals surface area contributed by atoms with E-state index >= 15 is 0 Å². The fourth-order valence-electron chi connectivity index (χ4n) is 2.09. The van der Waals surface area contributed by atoms with Crippen LogP contribution >= 0.6 is 15.9 Å². The number of nitrogens with zero attached hydrogens (tertiary/aromatic N) is 2. The highest BCUT2D eigenvalue weighted by atomic mass is 79.9. The van der Waals surface area contributed by atoms with Crippen molar-refractivity contribution < 1.29 is 14.2 Å². The second kappa shape index (κ2) is 6.37. The van der Waals surface area contributed by atoms with Crippen LogP contribution in [0, 0.1) is 5.82 Å². The number of benzene rings is 1. The third-order valence-electron chi connectivity index (χ3n) is 2.96. The van der Waals surface area contributed by atoms with Gasteiger partial charge in [-0.3, -0.25) is 4.68 Å². The van der Waals surface area contributed by atoms with E-state index in [0.717, 1.165) is 6.42 Å². The number of ether oxygens (including phenoxy) is 1. The number of aromatic nitrogens is 2. The molecule has 1 aromatic heterocycles. The zero-order valence-electron chi connectivity index (χ0n) is 11.3. The molecule has 0 bridgehead atoms. The number of hydrogen-bond donors (Lipinski definition) is 1. The lowest BCUT2D eigenvalue weighted by molar-refractivity contribution is 0.201. The molecule has 0 aliphatic heterocycles. The van der Waals surface area contributed by atoms with Gasteiger partial charge in [0.25, 0.3) is 0 Å². The summed E-state index contributed by atoms with van der Waals surface area (Å²) in [4.78, 5) is 0. The molecule has 1 aromatic carbocycles. The quantitative estimate of drug-likeness (QED) is 0.906.